The van der Waals surface area contributed by atoms with Crippen LogP contribution in [-0.4, -0.2) is 18.0 Å². The van der Waals surface area contributed by atoms with Crippen molar-refractivity contribution in [3.05, 3.63) is 28.8 Å². The van der Waals surface area contributed by atoms with Crippen LogP contribution in [0.2, 0.25) is 5.02 Å². The molecule has 0 saturated carbocycles. The zero-order chi connectivity index (χ0) is 13.2. The van der Waals surface area contributed by atoms with Gasteiger partial charge >= 0.3 is 0 Å². The Morgan fingerprint density at radius 2 is 2.00 bits per heavy atom. The van der Waals surface area contributed by atoms with Gasteiger partial charge < -0.3 is 5.73 Å². The van der Waals surface area contributed by atoms with Gasteiger partial charge in [0.25, 0.3) is 0 Å². The topological polar surface area (TPSA) is 29.3 Å². The van der Waals surface area contributed by atoms with Gasteiger partial charge in [0.2, 0.25) is 0 Å². The van der Waals surface area contributed by atoms with Crippen LogP contribution in [0, 0.1) is 5.41 Å². The molecule has 0 atom stereocenters. The van der Waals surface area contributed by atoms with Crippen LogP contribution in [0.4, 0.5) is 5.69 Å². The SMILES string of the molecule is CCC1(C)CCN(Cc2ccc(Cl)c(N)c2)CC1. The van der Waals surface area contributed by atoms with Crippen LogP contribution >= 0.6 is 11.6 Å². The van der Waals surface area contributed by atoms with Crippen molar-refractivity contribution in [2.45, 2.75) is 39.7 Å². The average molecular weight is 267 g/mol. The van der Waals surface area contributed by atoms with Gasteiger partial charge in [0.05, 0.1) is 10.7 Å². The lowest BCUT2D eigenvalue weighted by Crippen LogP contribution is -2.37. The summed E-state index contributed by atoms with van der Waals surface area (Å²) >= 11 is 5.94. The first kappa shape index (κ1) is 13.7. The van der Waals surface area contributed by atoms with Gasteiger partial charge in [-0.2, -0.15) is 0 Å². The number of nitrogen functional groups attached to an aromatic ring is 1. The van der Waals surface area contributed by atoms with Crippen molar-refractivity contribution >= 4 is 17.3 Å². The van der Waals surface area contributed by atoms with Crippen molar-refractivity contribution in [3.8, 4) is 0 Å². The van der Waals surface area contributed by atoms with E-state index in [0.29, 0.717) is 16.1 Å². The summed E-state index contributed by atoms with van der Waals surface area (Å²) in [5.74, 6) is 0. The molecule has 0 spiro atoms. The van der Waals surface area contributed by atoms with E-state index in [1.54, 1.807) is 0 Å². The fraction of sp³-hybridized carbons (Fsp3) is 0.600. The highest BCUT2D eigenvalue weighted by Gasteiger charge is 2.27. The fourth-order valence-electron chi connectivity index (χ4n) is 2.55. The van der Waals surface area contributed by atoms with E-state index in [4.69, 9.17) is 17.3 Å². The number of halogens is 1. The minimum absolute atomic E-state index is 0.551. The number of rotatable bonds is 3. The number of hydrogen-bond donors (Lipinski definition) is 1. The standard InChI is InChI=1S/C15H23ClN2/c1-3-15(2)6-8-18(9-7-15)11-12-4-5-13(16)14(17)10-12/h4-5,10H,3,6-9,11,17H2,1-2H3. The molecule has 2 rings (SSSR count). The maximum Gasteiger partial charge on any atom is 0.0635 e. The fourth-order valence-corrected chi connectivity index (χ4v) is 2.67. The molecule has 0 aliphatic carbocycles. The number of piperidine rings is 1. The number of nitrogens with two attached hydrogens (primary N) is 1. The van der Waals surface area contributed by atoms with Gasteiger partial charge in [0.15, 0.2) is 0 Å². The van der Waals surface area contributed by atoms with Crippen molar-refractivity contribution in [2.24, 2.45) is 5.41 Å². The summed E-state index contributed by atoms with van der Waals surface area (Å²) in [5, 5.41) is 0.649. The molecule has 1 fully saturated rings. The number of benzene rings is 1. The van der Waals surface area contributed by atoms with Crippen LogP contribution in [0.3, 0.4) is 0 Å². The Bertz CT molecular complexity index is 409. The first-order chi connectivity index (χ1) is 8.52. The first-order valence-electron chi connectivity index (χ1n) is 6.79. The van der Waals surface area contributed by atoms with Crippen LogP contribution in [-0.2, 0) is 6.54 Å². The van der Waals surface area contributed by atoms with Crippen LogP contribution in [0.5, 0.6) is 0 Å². The highest BCUT2D eigenvalue weighted by molar-refractivity contribution is 6.33. The summed E-state index contributed by atoms with van der Waals surface area (Å²) < 4.78 is 0. The largest absolute Gasteiger partial charge is 0.398 e. The second kappa shape index (κ2) is 5.50. The predicted molar refractivity (Wildman–Crippen MR) is 78.8 cm³/mol. The summed E-state index contributed by atoms with van der Waals surface area (Å²) in [6.07, 6.45) is 3.88. The molecule has 0 radical (unpaired) electrons. The number of nitrogens with zero attached hydrogens (tertiary/aromatic N) is 1. The molecule has 1 saturated heterocycles. The molecule has 1 aromatic rings. The lowest BCUT2D eigenvalue weighted by molar-refractivity contribution is 0.109. The van der Waals surface area contributed by atoms with Crippen molar-refractivity contribution in [2.75, 3.05) is 18.8 Å². The molecule has 0 aromatic heterocycles. The van der Waals surface area contributed by atoms with E-state index in [9.17, 15) is 0 Å². The Balaban J connectivity index is 1.93. The van der Waals surface area contributed by atoms with E-state index in [1.807, 2.05) is 12.1 Å². The molecule has 1 aliphatic rings. The van der Waals surface area contributed by atoms with Crippen molar-refractivity contribution in [1.82, 2.24) is 4.90 Å². The van der Waals surface area contributed by atoms with E-state index in [1.165, 1.54) is 37.9 Å². The van der Waals surface area contributed by atoms with Crippen LogP contribution < -0.4 is 5.73 Å². The van der Waals surface area contributed by atoms with E-state index < -0.39 is 0 Å². The summed E-state index contributed by atoms with van der Waals surface area (Å²) in [7, 11) is 0. The van der Waals surface area contributed by atoms with Gasteiger partial charge in [-0.1, -0.05) is 37.9 Å². The van der Waals surface area contributed by atoms with Crippen LogP contribution in [0.1, 0.15) is 38.7 Å². The van der Waals surface area contributed by atoms with Crippen molar-refractivity contribution in [1.29, 1.82) is 0 Å². The summed E-state index contributed by atoms with van der Waals surface area (Å²) in [5.41, 5.74) is 8.34. The van der Waals surface area contributed by atoms with Crippen molar-refractivity contribution < 1.29 is 0 Å². The van der Waals surface area contributed by atoms with E-state index >= 15 is 0 Å². The number of likely N-dealkylation sites (tertiary alicyclic amines) is 1. The molecule has 2 N–H and O–H groups in total. The molecular formula is C15H23ClN2. The third kappa shape index (κ3) is 3.18. The van der Waals surface area contributed by atoms with Gasteiger partial charge in [0.1, 0.15) is 0 Å². The summed E-state index contributed by atoms with van der Waals surface area (Å²) in [4.78, 5) is 2.51. The van der Waals surface area contributed by atoms with E-state index in [-0.39, 0.29) is 0 Å². The molecule has 0 bridgehead atoms. The maximum absolute atomic E-state index is 5.94. The average Bonchev–Trinajstić information content (AvgIpc) is 2.37. The normalized spacial score (nSPS) is 19.9. The third-order valence-corrected chi connectivity index (χ3v) is 4.73. The highest BCUT2D eigenvalue weighted by Crippen LogP contribution is 2.34. The summed E-state index contributed by atoms with van der Waals surface area (Å²) in [6.45, 7) is 8.07. The molecule has 3 heteroatoms. The van der Waals surface area contributed by atoms with Crippen molar-refractivity contribution in [3.63, 3.8) is 0 Å². The highest BCUT2D eigenvalue weighted by atomic mass is 35.5. The predicted octanol–water partition coefficient (Wildman–Crippen LogP) is 3.93. The van der Waals surface area contributed by atoms with Gasteiger partial charge in [0, 0.05) is 6.54 Å². The zero-order valence-corrected chi connectivity index (χ0v) is 12.1. The third-order valence-electron chi connectivity index (χ3n) is 4.38. The monoisotopic (exact) mass is 266 g/mol. The minimum atomic E-state index is 0.551. The van der Waals surface area contributed by atoms with Gasteiger partial charge in [-0.3, -0.25) is 4.90 Å². The molecule has 0 amide bonds. The molecule has 1 heterocycles. The molecule has 100 valence electrons. The second-order valence-electron chi connectivity index (χ2n) is 5.80. The maximum atomic E-state index is 5.94. The molecule has 1 aromatic carbocycles. The first-order valence-corrected chi connectivity index (χ1v) is 7.16. The summed E-state index contributed by atoms with van der Waals surface area (Å²) in [6, 6.07) is 5.97. The molecule has 2 nitrogen and oxygen atoms in total. The minimum Gasteiger partial charge on any atom is -0.398 e. The van der Waals surface area contributed by atoms with Gasteiger partial charge in [-0.15, -0.1) is 0 Å². The van der Waals surface area contributed by atoms with Gasteiger partial charge in [-0.25, -0.2) is 0 Å². The molecule has 0 unspecified atom stereocenters. The van der Waals surface area contributed by atoms with E-state index in [2.05, 4.69) is 24.8 Å². The molecule has 18 heavy (non-hydrogen) atoms. The Hall–Kier alpha value is -0.730. The molecule has 1 aliphatic heterocycles. The Morgan fingerprint density at radius 3 is 2.56 bits per heavy atom. The van der Waals surface area contributed by atoms with Gasteiger partial charge in [-0.05, 0) is 49.0 Å². The quantitative estimate of drug-likeness (QED) is 0.840. The lowest BCUT2D eigenvalue weighted by Gasteiger charge is -2.39. The second-order valence-corrected chi connectivity index (χ2v) is 6.20. The van der Waals surface area contributed by atoms with Crippen LogP contribution in [0.15, 0.2) is 18.2 Å². The number of anilines is 1. The van der Waals surface area contributed by atoms with Crippen LogP contribution in [0.25, 0.3) is 0 Å². The smallest absolute Gasteiger partial charge is 0.0635 e. The Labute approximate surface area is 115 Å². The molecular weight excluding hydrogens is 244 g/mol. The lowest BCUT2D eigenvalue weighted by atomic mass is 9.78. The zero-order valence-electron chi connectivity index (χ0n) is 11.4. The Morgan fingerprint density at radius 1 is 1.33 bits per heavy atom. The Kier molecular flexibility index (Phi) is 4.18. The number of hydrogen-bond acceptors (Lipinski definition) is 2. The van der Waals surface area contributed by atoms with E-state index in [0.717, 1.165) is 6.54 Å².